The Kier molecular flexibility index (Phi) is 7.81. The first-order valence-corrected chi connectivity index (χ1v) is 9.26. The molecule has 1 fully saturated rings. The van der Waals surface area contributed by atoms with Crippen LogP contribution in [0.25, 0.3) is 0 Å². The molecular formula is C17H23Cl2N3O4. The molecule has 0 aliphatic carbocycles. The Morgan fingerprint density at radius 1 is 1.00 bits per heavy atom. The van der Waals surface area contributed by atoms with Crippen LogP contribution in [0.1, 0.15) is 19.3 Å². The molecule has 2 amide bonds. The van der Waals surface area contributed by atoms with E-state index in [0.717, 1.165) is 0 Å². The van der Waals surface area contributed by atoms with Crippen molar-refractivity contribution in [3.63, 3.8) is 0 Å². The highest BCUT2D eigenvalue weighted by Gasteiger charge is 2.23. The molecule has 3 N–H and O–H groups in total. The first-order chi connectivity index (χ1) is 12.4. The average molecular weight is 404 g/mol. The Labute approximate surface area is 162 Å². The van der Waals surface area contributed by atoms with Gasteiger partial charge in [0.1, 0.15) is 5.75 Å². The Bertz CT molecular complexity index is 649. The van der Waals surface area contributed by atoms with Gasteiger partial charge in [-0.3, -0.25) is 9.59 Å². The highest BCUT2D eigenvalue weighted by atomic mass is 35.5. The molecule has 1 aliphatic heterocycles. The lowest BCUT2D eigenvalue weighted by Crippen LogP contribution is -2.51. The molecule has 1 aromatic rings. The van der Waals surface area contributed by atoms with E-state index in [4.69, 9.17) is 28.3 Å². The smallest absolute Gasteiger partial charge is 0.241 e. The highest BCUT2D eigenvalue weighted by Crippen LogP contribution is 2.33. The number of nitrogens with one attached hydrogen (secondary N) is 1. The number of carbonyl (C=O) groups excluding carboxylic acids is 2. The molecular weight excluding hydrogens is 381 g/mol. The van der Waals surface area contributed by atoms with Crippen molar-refractivity contribution in [2.75, 3.05) is 44.6 Å². The van der Waals surface area contributed by atoms with E-state index in [2.05, 4.69) is 5.32 Å². The summed E-state index contributed by atoms with van der Waals surface area (Å²) in [5.74, 6) is -0.141. The molecule has 1 heterocycles. The van der Waals surface area contributed by atoms with Crippen LogP contribution in [-0.4, -0.2) is 71.2 Å². The molecule has 144 valence electrons. The second kappa shape index (κ2) is 9.85. The summed E-state index contributed by atoms with van der Waals surface area (Å²) in [5.41, 5.74) is 0.338. The largest absolute Gasteiger partial charge is 0.506 e. The molecule has 0 unspecified atom stereocenters. The summed E-state index contributed by atoms with van der Waals surface area (Å²) in [4.78, 5) is 27.8. The summed E-state index contributed by atoms with van der Waals surface area (Å²) in [5, 5.41) is 22.0. The van der Waals surface area contributed by atoms with Crippen LogP contribution < -0.4 is 5.32 Å². The number of aliphatic hydroxyl groups excluding tert-OH is 1. The van der Waals surface area contributed by atoms with Gasteiger partial charge >= 0.3 is 0 Å². The molecule has 9 heteroatoms. The summed E-state index contributed by atoms with van der Waals surface area (Å²) < 4.78 is 0. The predicted molar refractivity (Wildman–Crippen MR) is 101 cm³/mol. The molecule has 0 atom stereocenters. The summed E-state index contributed by atoms with van der Waals surface area (Å²) in [6.45, 7) is 2.05. The SMILES string of the molecule is O=C(CCCCO)N1CCN(C(=O)CNc2cc(Cl)c(Cl)cc2O)CC1. The number of carbonyl (C=O) groups is 2. The van der Waals surface area contributed by atoms with Gasteiger partial charge in [0.25, 0.3) is 0 Å². The van der Waals surface area contributed by atoms with E-state index in [1.807, 2.05) is 0 Å². The van der Waals surface area contributed by atoms with Crippen molar-refractivity contribution in [1.29, 1.82) is 0 Å². The Balaban J connectivity index is 1.78. The second-order valence-corrected chi connectivity index (χ2v) is 6.89. The maximum atomic E-state index is 12.3. The van der Waals surface area contributed by atoms with Crippen LogP contribution in [0.5, 0.6) is 5.75 Å². The van der Waals surface area contributed by atoms with Gasteiger partial charge in [-0.25, -0.2) is 0 Å². The first kappa shape index (κ1) is 20.6. The number of aliphatic hydroxyl groups is 1. The van der Waals surface area contributed by atoms with Crippen molar-refractivity contribution in [3.8, 4) is 5.75 Å². The van der Waals surface area contributed by atoms with Crippen LogP contribution in [-0.2, 0) is 9.59 Å². The number of phenolic OH excluding ortho intramolecular Hbond substituents is 1. The van der Waals surface area contributed by atoms with E-state index in [-0.39, 0.29) is 40.8 Å². The van der Waals surface area contributed by atoms with Gasteiger partial charge < -0.3 is 25.3 Å². The Morgan fingerprint density at radius 2 is 1.58 bits per heavy atom. The van der Waals surface area contributed by atoms with Crippen LogP contribution in [0.2, 0.25) is 10.0 Å². The molecule has 0 spiro atoms. The molecule has 1 aromatic carbocycles. The summed E-state index contributed by atoms with van der Waals surface area (Å²) in [6.07, 6.45) is 1.72. The normalized spacial score (nSPS) is 14.4. The minimum Gasteiger partial charge on any atom is -0.506 e. The maximum Gasteiger partial charge on any atom is 0.241 e. The third-order valence-electron chi connectivity index (χ3n) is 4.25. The Morgan fingerprint density at radius 3 is 2.19 bits per heavy atom. The number of halogens is 2. The molecule has 0 radical (unpaired) electrons. The number of phenols is 1. The highest BCUT2D eigenvalue weighted by molar-refractivity contribution is 6.42. The zero-order valence-corrected chi connectivity index (χ0v) is 15.9. The van der Waals surface area contributed by atoms with Gasteiger partial charge in [-0.1, -0.05) is 23.2 Å². The van der Waals surface area contributed by atoms with Crippen LogP contribution in [0.15, 0.2) is 12.1 Å². The van der Waals surface area contributed by atoms with Gasteiger partial charge in [0.2, 0.25) is 11.8 Å². The minimum absolute atomic E-state index is 0.00989. The third-order valence-corrected chi connectivity index (χ3v) is 4.97. The molecule has 2 rings (SSSR count). The third kappa shape index (κ3) is 5.65. The van der Waals surface area contributed by atoms with E-state index in [1.165, 1.54) is 12.1 Å². The lowest BCUT2D eigenvalue weighted by atomic mass is 10.2. The van der Waals surface area contributed by atoms with E-state index in [1.54, 1.807) is 9.80 Å². The van der Waals surface area contributed by atoms with Gasteiger partial charge in [-0.2, -0.15) is 0 Å². The van der Waals surface area contributed by atoms with Crippen molar-refractivity contribution in [3.05, 3.63) is 22.2 Å². The van der Waals surface area contributed by atoms with Crippen molar-refractivity contribution >= 4 is 40.7 Å². The molecule has 1 aliphatic rings. The number of unbranched alkanes of at least 4 members (excludes halogenated alkanes) is 1. The van der Waals surface area contributed by atoms with Crippen molar-refractivity contribution < 1.29 is 19.8 Å². The summed E-state index contributed by atoms with van der Waals surface area (Å²) >= 11 is 11.7. The van der Waals surface area contributed by atoms with E-state index < -0.39 is 0 Å². The second-order valence-electron chi connectivity index (χ2n) is 6.08. The molecule has 1 saturated heterocycles. The quantitative estimate of drug-likeness (QED) is 0.477. The molecule has 7 nitrogen and oxygen atoms in total. The van der Waals surface area contributed by atoms with Crippen LogP contribution in [0.4, 0.5) is 5.69 Å². The Hall–Kier alpha value is -1.70. The fraction of sp³-hybridized carbons (Fsp3) is 0.529. The number of rotatable bonds is 7. The molecule has 0 aromatic heterocycles. The number of aromatic hydroxyl groups is 1. The zero-order valence-electron chi connectivity index (χ0n) is 14.4. The van der Waals surface area contributed by atoms with Crippen LogP contribution in [0.3, 0.4) is 0 Å². The van der Waals surface area contributed by atoms with E-state index in [9.17, 15) is 14.7 Å². The topological polar surface area (TPSA) is 93.1 Å². The van der Waals surface area contributed by atoms with Gasteiger partial charge in [0, 0.05) is 45.3 Å². The van der Waals surface area contributed by atoms with Crippen molar-refractivity contribution in [2.24, 2.45) is 0 Å². The van der Waals surface area contributed by atoms with Gasteiger partial charge in [-0.15, -0.1) is 0 Å². The fourth-order valence-electron chi connectivity index (χ4n) is 2.71. The summed E-state index contributed by atoms with van der Waals surface area (Å²) in [7, 11) is 0. The van der Waals surface area contributed by atoms with Crippen LogP contribution in [0, 0.1) is 0 Å². The molecule has 0 saturated carbocycles. The monoisotopic (exact) mass is 403 g/mol. The van der Waals surface area contributed by atoms with Crippen molar-refractivity contribution in [2.45, 2.75) is 19.3 Å². The molecule has 26 heavy (non-hydrogen) atoms. The lowest BCUT2D eigenvalue weighted by molar-refractivity contribution is -0.138. The number of piperazine rings is 1. The van der Waals surface area contributed by atoms with Crippen LogP contribution >= 0.6 is 23.2 Å². The van der Waals surface area contributed by atoms with Gasteiger partial charge in [-0.05, 0) is 18.9 Å². The summed E-state index contributed by atoms with van der Waals surface area (Å²) in [6, 6.07) is 2.79. The van der Waals surface area contributed by atoms with Gasteiger partial charge in [0.15, 0.2) is 0 Å². The van der Waals surface area contributed by atoms with E-state index >= 15 is 0 Å². The van der Waals surface area contributed by atoms with E-state index in [0.29, 0.717) is 51.1 Å². The lowest BCUT2D eigenvalue weighted by Gasteiger charge is -2.35. The number of anilines is 1. The maximum absolute atomic E-state index is 12.3. The van der Waals surface area contributed by atoms with Crippen molar-refractivity contribution in [1.82, 2.24) is 9.80 Å². The first-order valence-electron chi connectivity index (χ1n) is 8.50. The number of benzene rings is 1. The standard InChI is InChI=1S/C17H23Cl2N3O4/c18-12-9-14(15(24)10-13(12)19)20-11-17(26)22-6-4-21(5-7-22)16(25)3-1-2-8-23/h9-10,20,23-24H,1-8,11H2. The van der Waals surface area contributed by atoms with Gasteiger partial charge in [0.05, 0.1) is 22.3 Å². The zero-order chi connectivity index (χ0) is 19.1. The fourth-order valence-corrected chi connectivity index (χ4v) is 3.03. The predicted octanol–water partition coefficient (Wildman–Crippen LogP) is 1.94. The number of amides is 2. The molecule has 0 bridgehead atoms. The minimum atomic E-state index is -0.122. The average Bonchev–Trinajstić information content (AvgIpc) is 2.63. The number of hydrogen-bond acceptors (Lipinski definition) is 5. The number of nitrogens with zero attached hydrogens (tertiary/aromatic N) is 2. The number of hydrogen-bond donors (Lipinski definition) is 3.